The number of hydrogen-bond acceptors (Lipinski definition) is 5. The lowest BCUT2D eigenvalue weighted by Crippen LogP contribution is -2.09. The number of ether oxygens (including phenoxy) is 2. The Morgan fingerprint density at radius 3 is 2.09 bits per heavy atom. The van der Waals surface area contributed by atoms with Gasteiger partial charge in [-0.1, -0.05) is 102 Å². The van der Waals surface area contributed by atoms with Crippen LogP contribution in [0.3, 0.4) is 0 Å². The maximum atomic E-state index is 12.8. The number of carbonyl (C=O) groups is 2. The van der Waals surface area contributed by atoms with Gasteiger partial charge in [-0.25, -0.2) is 4.79 Å². The standard InChI is InChI=1S/C28H36O5/c1-3-5-6-7-8-9-10-11-12-16-21-32-28-24(33-25(29)4-2)20-19-23(27(28)31)26(30)22-17-14-13-15-18-22/h4,13-15,17-20,31H,2-3,5-12,16,21H2,1H3. The Hall–Kier alpha value is -3.08. The van der Waals surface area contributed by atoms with Gasteiger partial charge in [0.1, 0.15) is 0 Å². The fraction of sp³-hybridized carbons (Fsp3) is 0.429. The molecular formula is C28H36O5. The van der Waals surface area contributed by atoms with Gasteiger partial charge in [-0.3, -0.25) is 4.79 Å². The van der Waals surface area contributed by atoms with Gasteiger partial charge < -0.3 is 14.6 Å². The molecule has 0 aromatic heterocycles. The zero-order chi connectivity index (χ0) is 23.9. The molecule has 0 aliphatic heterocycles. The van der Waals surface area contributed by atoms with Crippen molar-refractivity contribution >= 4 is 11.8 Å². The predicted octanol–water partition coefficient (Wildman–Crippen LogP) is 7.01. The Labute approximate surface area is 197 Å². The fourth-order valence-corrected chi connectivity index (χ4v) is 3.61. The van der Waals surface area contributed by atoms with Gasteiger partial charge in [-0.15, -0.1) is 0 Å². The molecule has 33 heavy (non-hydrogen) atoms. The molecule has 178 valence electrons. The third-order valence-corrected chi connectivity index (χ3v) is 5.50. The van der Waals surface area contributed by atoms with Crippen LogP contribution in [0.15, 0.2) is 55.1 Å². The third kappa shape index (κ3) is 8.76. The highest BCUT2D eigenvalue weighted by molar-refractivity contribution is 6.11. The number of carbonyl (C=O) groups excluding carboxylic acids is 2. The van der Waals surface area contributed by atoms with Crippen molar-refractivity contribution in [1.82, 2.24) is 0 Å². The molecule has 2 aromatic carbocycles. The average Bonchev–Trinajstić information content (AvgIpc) is 2.84. The van der Waals surface area contributed by atoms with E-state index in [4.69, 9.17) is 9.47 Å². The van der Waals surface area contributed by atoms with Crippen LogP contribution in [0.1, 0.15) is 87.1 Å². The van der Waals surface area contributed by atoms with Crippen molar-refractivity contribution in [2.24, 2.45) is 0 Å². The first-order chi connectivity index (χ1) is 16.1. The van der Waals surface area contributed by atoms with E-state index in [-0.39, 0.29) is 28.6 Å². The lowest BCUT2D eigenvalue weighted by Gasteiger charge is -2.15. The number of esters is 1. The summed E-state index contributed by atoms with van der Waals surface area (Å²) in [5.74, 6) is -1.26. The topological polar surface area (TPSA) is 72.8 Å². The van der Waals surface area contributed by atoms with E-state index in [9.17, 15) is 14.7 Å². The molecule has 5 nitrogen and oxygen atoms in total. The summed E-state index contributed by atoms with van der Waals surface area (Å²) in [6, 6.07) is 11.6. The molecule has 0 unspecified atom stereocenters. The Morgan fingerprint density at radius 1 is 0.879 bits per heavy atom. The smallest absolute Gasteiger partial charge is 0.335 e. The normalized spacial score (nSPS) is 10.6. The monoisotopic (exact) mass is 452 g/mol. The van der Waals surface area contributed by atoms with Crippen LogP contribution in [-0.2, 0) is 4.79 Å². The summed E-state index contributed by atoms with van der Waals surface area (Å²) in [7, 11) is 0. The molecule has 0 aliphatic carbocycles. The summed E-state index contributed by atoms with van der Waals surface area (Å²) in [5, 5.41) is 10.8. The molecule has 1 N–H and O–H groups in total. The van der Waals surface area contributed by atoms with Gasteiger partial charge in [0.15, 0.2) is 17.3 Å². The van der Waals surface area contributed by atoms with Crippen molar-refractivity contribution in [2.45, 2.75) is 71.1 Å². The van der Waals surface area contributed by atoms with E-state index in [0.717, 1.165) is 25.3 Å². The van der Waals surface area contributed by atoms with Crippen molar-refractivity contribution in [3.05, 3.63) is 66.2 Å². The minimum Gasteiger partial charge on any atom is -0.504 e. The number of unbranched alkanes of at least 4 members (excludes halogenated alkanes) is 9. The Bertz CT molecular complexity index is 889. The van der Waals surface area contributed by atoms with E-state index in [2.05, 4.69) is 13.5 Å². The molecule has 0 aliphatic rings. The Kier molecular flexibility index (Phi) is 11.8. The van der Waals surface area contributed by atoms with Crippen LogP contribution in [-0.4, -0.2) is 23.5 Å². The maximum absolute atomic E-state index is 12.8. The molecule has 0 fully saturated rings. The van der Waals surface area contributed by atoms with Crippen LogP contribution in [0.4, 0.5) is 0 Å². The molecule has 5 heteroatoms. The van der Waals surface area contributed by atoms with Gasteiger partial charge in [0.05, 0.1) is 12.2 Å². The van der Waals surface area contributed by atoms with E-state index in [0.29, 0.717) is 12.2 Å². The molecule has 0 radical (unpaired) electrons. The quantitative estimate of drug-likeness (QED) is 0.0974. The summed E-state index contributed by atoms with van der Waals surface area (Å²) in [6.45, 7) is 5.97. The van der Waals surface area contributed by atoms with E-state index >= 15 is 0 Å². The van der Waals surface area contributed by atoms with Crippen molar-refractivity contribution < 1.29 is 24.2 Å². The van der Waals surface area contributed by atoms with Crippen LogP contribution in [0.5, 0.6) is 17.2 Å². The molecule has 0 amide bonds. The molecule has 2 aromatic rings. The van der Waals surface area contributed by atoms with Gasteiger partial charge in [0, 0.05) is 11.6 Å². The van der Waals surface area contributed by atoms with Gasteiger partial charge in [-0.2, -0.15) is 0 Å². The summed E-state index contributed by atoms with van der Waals surface area (Å²) < 4.78 is 11.0. The zero-order valence-corrected chi connectivity index (χ0v) is 19.7. The van der Waals surface area contributed by atoms with Gasteiger partial charge >= 0.3 is 5.97 Å². The predicted molar refractivity (Wildman–Crippen MR) is 131 cm³/mol. The number of rotatable bonds is 16. The fourth-order valence-electron chi connectivity index (χ4n) is 3.61. The highest BCUT2D eigenvalue weighted by Gasteiger charge is 2.22. The SMILES string of the molecule is C=CC(=O)Oc1ccc(C(=O)c2ccccc2)c(O)c1OCCCCCCCCCCCC. The number of phenolic OH excluding ortho intramolecular Hbond substituents is 1. The first-order valence-electron chi connectivity index (χ1n) is 12.0. The second-order valence-electron chi connectivity index (χ2n) is 8.14. The molecule has 0 bridgehead atoms. The van der Waals surface area contributed by atoms with Gasteiger partial charge in [0.2, 0.25) is 5.75 Å². The molecule has 2 rings (SSSR count). The molecule has 0 saturated heterocycles. The van der Waals surface area contributed by atoms with E-state index in [1.54, 1.807) is 24.3 Å². The first-order valence-corrected chi connectivity index (χ1v) is 12.0. The van der Waals surface area contributed by atoms with E-state index in [1.165, 1.54) is 57.1 Å². The summed E-state index contributed by atoms with van der Waals surface area (Å²) in [5.41, 5.74) is 0.543. The van der Waals surface area contributed by atoms with Crippen LogP contribution in [0.25, 0.3) is 0 Å². The second-order valence-corrected chi connectivity index (χ2v) is 8.14. The zero-order valence-electron chi connectivity index (χ0n) is 19.7. The molecule has 0 atom stereocenters. The van der Waals surface area contributed by atoms with Crippen LogP contribution < -0.4 is 9.47 Å². The van der Waals surface area contributed by atoms with Gasteiger partial charge in [0.25, 0.3) is 0 Å². The largest absolute Gasteiger partial charge is 0.504 e. The van der Waals surface area contributed by atoms with Crippen LogP contribution >= 0.6 is 0 Å². The highest BCUT2D eigenvalue weighted by Crippen LogP contribution is 2.40. The first kappa shape index (κ1) is 26.2. The van der Waals surface area contributed by atoms with E-state index in [1.807, 2.05) is 6.07 Å². The molecule has 0 spiro atoms. The Morgan fingerprint density at radius 2 is 1.48 bits per heavy atom. The minimum absolute atomic E-state index is 0.00269. The van der Waals surface area contributed by atoms with Crippen molar-refractivity contribution in [2.75, 3.05) is 6.61 Å². The summed E-state index contributed by atoms with van der Waals surface area (Å²) in [6.07, 6.45) is 13.0. The Balaban J connectivity index is 1.95. The van der Waals surface area contributed by atoms with Crippen LogP contribution in [0.2, 0.25) is 0 Å². The summed E-state index contributed by atoms with van der Waals surface area (Å²) in [4.78, 5) is 24.5. The lowest BCUT2D eigenvalue weighted by atomic mass is 10.0. The molecule has 0 saturated carbocycles. The number of phenols is 1. The lowest BCUT2D eigenvalue weighted by molar-refractivity contribution is -0.129. The van der Waals surface area contributed by atoms with Crippen LogP contribution in [0, 0.1) is 0 Å². The average molecular weight is 453 g/mol. The van der Waals surface area contributed by atoms with Crippen molar-refractivity contribution in [3.8, 4) is 17.2 Å². The van der Waals surface area contributed by atoms with Gasteiger partial charge in [-0.05, 0) is 18.6 Å². The molecule has 0 heterocycles. The maximum Gasteiger partial charge on any atom is 0.335 e. The number of aromatic hydroxyl groups is 1. The third-order valence-electron chi connectivity index (χ3n) is 5.50. The summed E-state index contributed by atoms with van der Waals surface area (Å²) >= 11 is 0. The number of ketones is 1. The van der Waals surface area contributed by atoms with Crippen molar-refractivity contribution in [1.29, 1.82) is 0 Å². The molecular weight excluding hydrogens is 416 g/mol. The highest BCUT2D eigenvalue weighted by atomic mass is 16.6. The minimum atomic E-state index is -0.666. The van der Waals surface area contributed by atoms with E-state index < -0.39 is 5.97 Å². The second kappa shape index (κ2) is 14.9. The van der Waals surface area contributed by atoms with Crippen molar-refractivity contribution in [3.63, 3.8) is 0 Å². The number of hydrogen-bond donors (Lipinski definition) is 1. The number of benzene rings is 2.